The van der Waals surface area contributed by atoms with Crippen molar-refractivity contribution < 1.29 is 47.5 Å². The van der Waals surface area contributed by atoms with E-state index in [0.717, 1.165) is 0 Å². The van der Waals surface area contributed by atoms with Crippen LogP contribution >= 0.6 is 8.46 Å². The molecule has 0 aliphatic rings. The molecule has 1 radical (unpaired) electrons. The van der Waals surface area contributed by atoms with Crippen LogP contribution in [0, 0.1) is 11.6 Å². The van der Waals surface area contributed by atoms with E-state index < -0.39 is 0 Å². The fourth-order valence-corrected chi connectivity index (χ4v) is 0.517. The first kappa shape index (κ1) is 17.0. The van der Waals surface area contributed by atoms with Crippen LogP contribution in [-0.4, -0.2) is 11.8 Å². The molecule has 0 aliphatic heterocycles. The molecule has 0 aromatic heterocycles. The topological polar surface area (TPSA) is 65.6 Å². The molecule has 0 saturated heterocycles. The predicted molar refractivity (Wildman–Crippen MR) is 35.4 cm³/mol. The summed E-state index contributed by atoms with van der Waals surface area (Å²) in [5.41, 5.74) is 0.421. The second-order valence-electron chi connectivity index (χ2n) is 1.79. The Kier molecular flexibility index (Phi) is 16.5. The summed E-state index contributed by atoms with van der Waals surface area (Å²) < 4.78 is 10.0. The van der Waals surface area contributed by atoms with Crippen LogP contribution in [0.15, 0.2) is 0 Å². The number of carbonyl (C=O) groups is 1. The molecule has 0 rings (SSSR count). The van der Waals surface area contributed by atoms with Gasteiger partial charge in [0.05, 0.1) is 0 Å². The summed E-state index contributed by atoms with van der Waals surface area (Å²) >= 11 is 0. The molecule has 0 heterocycles. The van der Waals surface area contributed by atoms with Gasteiger partial charge in [-0.25, -0.2) is 5.66 Å². The standard InChI is InChI=1S/C5H8O2P.H2O.Y/c1-4(2)5(3-6)8-7;;/h3-4H,1-2H3;1H2;/q-1;;. The van der Waals surface area contributed by atoms with E-state index >= 15 is 0 Å². The Balaban J connectivity index is -0.000000245. The summed E-state index contributed by atoms with van der Waals surface area (Å²) in [6, 6.07) is 0. The van der Waals surface area contributed by atoms with Crippen molar-refractivity contribution >= 4 is 14.7 Å². The average Bonchev–Trinajstić information content (AvgIpc) is 1.69. The smallest absolute Gasteiger partial charge is 0 e. The van der Waals surface area contributed by atoms with Crippen molar-refractivity contribution in [1.29, 1.82) is 0 Å². The molecule has 0 amide bonds. The van der Waals surface area contributed by atoms with Gasteiger partial charge in [0.2, 0.25) is 0 Å². The number of aldehydes is 1. The molecule has 0 fully saturated rings. The molecule has 57 valence electrons. The number of rotatable bonds is 3. The van der Waals surface area contributed by atoms with Crippen molar-refractivity contribution in [3.8, 4) is 0 Å². The summed E-state index contributed by atoms with van der Waals surface area (Å²) in [4.78, 5) is 9.93. The molecule has 3 nitrogen and oxygen atoms in total. The van der Waals surface area contributed by atoms with Crippen molar-refractivity contribution in [3.63, 3.8) is 0 Å². The average molecular weight is 238 g/mol. The van der Waals surface area contributed by atoms with E-state index in [9.17, 15) is 9.36 Å². The zero-order valence-electron chi connectivity index (χ0n) is 6.00. The van der Waals surface area contributed by atoms with Crippen molar-refractivity contribution in [3.05, 3.63) is 5.66 Å². The molecule has 2 N–H and O–H groups in total. The van der Waals surface area contributed by atoms with Gasteiger partial charge in [0.25, 0.3) is 0 Å². The predicted octanol–water partition coefficient (Wildman–Crippen LogP) is 0.838. The van der Waals surface area contributed by atoms with Gasteiger partial charge in [-0.15, -0.1) is 5.92 Å². The molecule has 0 aliphatic carbocycles. The van der Waals surface area contributed by atoms with Gasteiger partial charge >= 0.3 is 0 Å². The summed E-state index contributed by atoms with van der Waals surface area (Å²) in [5, 5.41) is 0. The fourth-order valence-electron chi connectivity index (χ4n) is 0.263. The molecular formula is C5H10O3PY-. The van der Waals surface area contributed by atoms with E-state index in [1.54, 1.807) is 0 Å². The van der Waals surface area contributed by atoms with Gasteiger partial charge in [0.1, 0.15) is 0 Å². The summed E-state index contributed by atoms with van der Waals surface area (Å²) in [6.07, 6.45) is 0.638. The Morgan fingerprint density at radius 1 is 1.50 bits per heavy atom. The van der Waals surface area contributed by atoms with E-state index in [1.165, 1.54) is 0 Å². The molecule has 5 heteroatoms. The fraction of sp³-hybridized carbons (Fsp3) is 0.600. The van der Waals surface area contributed by atoms with E-state index in [1.807, 2.05) is 13.8 Å². The van der Waals surface area contributed by atoms with Crippen LogP contribution < -0.4 is 0 Å². The monoisotopic (exact) mass is 238 g/mol. The van der Waals surface area contributed by atoms with Crippen LogP contribution in [0.3, 0.4) is 0 Å². The summed E-state index contributed by atoms with van der Waals surface area (Å²) in [5.74, 6) is 0.103. The van der Waals surface area contributed by atoms with Crippen molar-refractivity contribution in [2.75, 3.05) is 0 Å². The van der Waals surface area contributed by atoms with Gasteiger partial charge in [-0.3, -0.25) is 0 Å². The zero-order valence-corrected chi connectivity index (χ0v) is 9.73. The van der Waals surface area contributed by atoms with E-state index in [0.29, 0.717) is 11.9 Å². The van der Waals surface area contributed by atoms with E-state index in [-0.39, 0.29) is 52.6 Å². The van der Waals surface area contributed by atoms with Gasteiger partial charge in [0.15, 0.2) is 0 Å². The number of hydrogen-bond acceptors (Lipinski definition) is 2. The van der Waals surface area contributed by atoms with Crippen LogP contribution in [-0.2, 0) is 42.1 Å². The van der Waals surface area contributed by atoms with Crippen molar-refractivity contribution in [1.82, 2.24) is 0 Å². The third-order valence-corrected chi connectivity index (χ3v) is 1.65. The first-order chi connectivity index (χ1) is 3.72. The van der Waals surface area contributed by atoms with Crippen LogP contribution in [0.5, 0.6) is 0 Å². The second-order valence-corrected chi connectivity index (χ2v) is 2.49. The molecule has 0 spiro atoms. The van der Waals surface area contributed by atoms with Crippen LogP contribution in [0.2, 0.25) is 0 Å². The molecule has 0 bridgehead atoms. The largest absolute Gasteiger partial charge is 0.412 e. The summed E-state index contributed by atoms with van der Waals surface area (Å²) in [6.45, 7) is 3.66. The molecule has 0 saturated carbocycles. The molecule has 0 unspecified atom stereocenters. The first-order valence-electron chi connectivity index (χ1n) is 2.37. The van der Waals surface area contributed by atoms with Crippen molar-refractivity contribution in [2.45, 2.75) is 13.8 Å². The molecule has 0 atom stereocenters. The third-order valence-electron chi connectivity index (χ3n) is 0.818. The van der Waals surface area contributed by atoms with E-state index in [2.05, 4.69) is 0 Å². The maximum Gasteiger partial charge on any atom is 0 e. The molecular weight excluding hydrogens is 228 g/mol. The third kappa shape index (κ3) is 6.82. The maximum atomic E-state index is 10.0. The zero-order chi connectivity index (χ0) is 6.57. The minimum atomic E-state index is -0.148. The Morgan fingerprint density at radius 2 is 1.90 bits per heavy atom. The van der Waals surface area contributed by atoms with E-state index in [4.69, 9.17) is 0 Å². The number of hydrogen-bond donors (Lipinski definition) is 0. The number of carbonyl (C=O) groups excluding carboxylic acids is 1. The molecule has 0 aromatic carbocycles. The Labute approximate surface area is 87.3 Å². The van der Waals surface area contributed by atoms with Crippen LogP contribution in [0.1, 0.15) is 13.8 Å². The SMILES string of the molecule is CC(C)[C-](C=O)P=O.O.[Y]. The Hall–Kier alpha value is 0.704. The molecule has 10 heavy (non-hydrogen) atoms. The normalized spacial score (nSPS) is 7.90. The van der Waals surface area contributed by atoms with Gasteiger partial charge in [-0.2, -0.15) is 0 Å². The van der Waals surface area contributed by atoms with Crippen LogP contribution in [0.4, 0.5) is 0 Å². The van der Waals surface area contributed by atoms with Gasteiger partial charge in [-0.1, -0.05) is 13.8 Å². The minimum Gasteiger partial charge on any atom is -0.412 e. The Bertz CT molecular complexity index is 88.9. The Morgan fingerprint density at radius 3 is 1.90 bits per heavy atom. The first-order valence-corrected chi connectivity index (χ1v) is 3.19. The van der Waals surface area contributed by atoms with Gasteiger partial charge in [-0.05, 0) is 14.7 Å². The quantitative estimate of drug-likeness (QED) is 0.415. The van der Waals surface area contributed by atoms with Gasteiger partial charge in [0, 0.05) is 32.7 Å². The van der Waals surface area contributed by atoms with Crippen LogP contribution in [0.25, 0.3) is 0 Å². The van der Waals surface area contributed by atoms with Gasteiger partial charge < -0.3 is 14.8 Å². The molecule has 0 aromatic rings. The van der Waals surface area contributed by atoms with Crippen molar-refractivity contribution in [2.24, 2.45) is 5.92 Å². The second kappa shape index (κ2) is 9.70. The maximum absolute atomic E-state index is 10.0. The minimum absolute atomic E-state index is 0. The summed E-state index contributed by atoms with van der Waals surface area (Å²) in [7, 11) is -0.148.